The predicted molar refractivity (Wildman–Crippen MR) is 62.7 cm³/mol. The van der Waals surface area contributed by atoms with E-state index in [1.165, 1.54) is 4.90 Å². The van der Waals surface area contributed by atoms with Gasteiger partial charge in [0.15, 0.2) is 0 Å². The van der Waals surface area contributed by atoms with E-state index in [0.717, 1.165) is 19.3 Å². The molecule has 0 radical (unpaired) electrons. The highest BCUT2D eigenvalue weighted by atomic mass is 16.4. The van der Waals surface area contributed by atoms with Crippen LogP contribution >= 0.6 is 0 Å². The molecule has 2 N–H and O–H groups in total. The SMILES string of the molecule is CC1(CNC(=O)N2CCCC2(C)C(=O)O)CC1. The van der Waals surface area contributed by atoms with E-state index in [1.807, 2.05) is 0 Å². The lowest BCUT2D eigenvalue weighted by molar-refractivity contribution is -0.147. The van der Waals surface area contributed by atoms with Crippen molar-refractivity contribution in [2.45, 2.75) is 45.1 Å². The van der Waals surface area contributed by atoms with Crippen LogP contribution in [-0.4, -0.2) is 40.6 Å². The van der Waals surface area contributed by atoms with Gasteiger partial charge in [-0.3, -0.25) is 0 Å². The lowest BCUT2D eigenvalue weighted by atomic mass is 10.00. The number of carboxylic acid groups (broad SMARTS) is 1. The zero-order valence-electron chi connectivity index (χ0n) is 10.5. The van der Waals surface area contributed by atoms with Crippen molar-refractivity contribution in [2.75, 3.05) is 13.1 Å². The summed E-state index contributed by atoms with van der Waals surface area (Å²) in [7, 11) is 0. The molecule has 1 aliphatic carbocycles. The Bertz CT molecular complexity index is 352. The van der Waals surface area contributed by atoms with Gasteiger partial charge in [0.25, 0.3) is 0 Å². The van der Waals surface area contributed by atoms with Crippen LogP contribution in [0.5, 0.6) is 0 Å². The normalized spacial score (nSPS) is 30.1. The Morgan fingerprint density at radius 2 is 1.94 bits per heavy atom. The first-order valence-electron chi connectivity index (χ1n) is 6.16. The smallest absolute Gasteiger partial charge is 0.329 e. The van der Waals surface area contributed by atoms with Crippen molar-refractivity contribution in [3.63, 3.8) is 0 Å². The molecule has 1 atom stereocenters. The van der Waals surface area contributed by atoms with Crippen molar-refractivity contribution in [3.8, 4) is 0 Å². The van der Waals surface area contributed by atoms with Gasteiger partial charge >= 0.3 is 12.0 Å². The molecule has 0 aromatic heterocycles. The third-order valence-electron chi connectivity index (χ3n) is 4.12. The van der Waals surface area contributed by atoms with Crippen LogP contribution in [0.1, 0.15) is 39.5 Å². The Morgan fingerprint density at radius 1 is 1.29 bits per heavy atom. The fourth-order valence-electron chi connectivity index (χ4n) is 2.29. The highest BCUT2D eigenvalue weighted by molar-refractivity contribution is 5.86. The van der Waals surface area contributed by atoms with Crippen LogP contribution in [0.4, 0.5) is 4.79 Å². The summed E-state index contributed by atoms with van der Waals surface area (Å²) in [6, 6.07) is -0.236. The topological polar surface area (TPSA) is 69.6 Å². The average Bonchev–Trinajstić information content (AvgIpc) is 2.85. The van der Waals surface area contributed by atoms with Gasteiger partial charge in [-0.2, -0.15) is 0 Å². The Kier molecular flexibility index (Phi) is 2.79. The summed E-state index contributed by atoms with van der Waals surface area (Å²) in [4.78, 5) is 24.7. The maximum atomic E-state index is 12.0. The van der Waals surface area contributed by atoms with Gasteiger partial charge in [-0.05, 0) is 38.0 Å². The Hall–Kier alpha value is -1.26. The van der Waals surface area contributed by atoms with Gasteiger partial charge in [-0.1, -0.05) is 6.92 Å². The lowest BCUT2D eigenvalue weighted by Crippen LogP contribution is -2.54. The zero-order valence-corrected chi connectivity index (χ0v) is 10.5. The summed E-state index contributed by atoms with van der Waals surface area (Å²) in [6.07, 6.45) is 3.58. The van der Waals surface area contributed by atoms with Crippen molar-refractivity contribution in [3.05, 3.63) is 0 Å². The molecule has 2 fully saturated rings. The quantitative estimate of drug-likeness (QED) is 0.784. The van der Waals surface area contributed by atoms with Gasteiger partial charge in [0.1, 0.15) is 5.54 Å². The number of rotatable bonds is 3. The molecule has 0 aromatic carbocycles. The second-order valence-electron chi connectivity index (χ2n) is 5.80. The first-order chi connectivity index (χ1) is 7.87. The number of urea groups is 1. The Morgan fingerprint density at radius 3 is 2.47 bits per heavy atom. The highest BCUT2D eigenvalue weighted by Gasteiger charge is 2.46. The maximum Gasteiger partial charge on any atom is 0.329 e. The summed E-state index contributed by atoms with van der Waals surface area (Å²) in [5.41, 5.74) is -0.788. The van der Waals surface area contributed by atoms with Crippen LogP contribution in [0.2, 0.25) is 0 Å². The molecule has 2 amide bonds. The number of nitrogens with zero attached hydrogens (tertiary/aromatic N) is 1. The summed E-state index contributed by atoms with van der Waals surface area (Å²) < 4.78 is 0. The van der Waals surface area contributed by atoms with E-state index < -0.39 is 11.5 Å². The molecule has 1 heterocycles. The van der Waals surface area contributed by atoms with Gasteiger partial charge in [0.2, 0.25) is 0 Å². The molecular weight excluding hydrogens is 220 g/mol. The molecule has 0 aromatic rings. The van der Waals surface area contributed by atoms with Gasteiger partial charge < -0.3 is 15.3 Å². The summed E-state index contributed by atoms with van der Waals surface area (Å²) in [5.74, 6) is -0.914. The van der Waals surface area contributed by atoms with Crippen LogP contribution in [0, 0.1) is 5.41 Å². The van der Waals surface area contributed by atoms with Crippen LogP contribution in [0.25, 0.3) is 0 Å². The van der Waals surface area contributed by atoms with Crippen molar-refractivity contribution < 1.29 is 14.7 Å². The molecule has 96 valence electrons. The predicted octanol–water partition coefficient (Wildman–Crippen LogP) is 1.44. The molecule has 0 spiro atoms. The third kappa shape index (κ3) is 2.23. The molecule has 2 aliphatic rings. The molecule has 1 saturated carbocycles. The van der Waals surface area contributed by atoms with E-state index in [4.69, 9.17) is 0 Å². The lowest BCUT2D eigenvalue weighted by Gasteiger charge is -2.31. The number of hydrogen-bond acceptors (Lipinski definition) is 2. The van der Waals surface area contributed by atoms with Gasteiger partial charge in [-0.15, -0.1) is 0 Å². The molecule has 17 heavy (non-hydrogen) atoms. The second kappa shape index (κ2) is 3.89. The van der Waals surface area contributed by atoms with Crippen LogP contribution in [-0.2, 0) is 4.79 Å². The second-order valence-corrected chi connectivity index (χ2v) is 5.80. The van der Waals surface area contributed by atoms with Crippen molar-refractivity contribution in [1.82, 2.24) is 10.2 Å². The number of carbonyl (C=O) groups is 2. The largest absolute Gasteiger partial charge is 0.480 e. The van der Waals surface area contributed by atoms with Gasteiger partial charge in [0.05, 0.1) is 0 Å². The summed E-state index contributed by atoms with van der Waals surface area (Å²) in [5, 5.41) is 12.1. The molecule has 2 rings (SSSR count). The van der Waals surface area contributed by atoms with Crippen molar-refractivity contribution in [2.24, 2.45) is 5.41 Å². The van der Waals surface area contributed by atoms with E-state index in [0.29, 0.717) is 19.5 Å². The number of hydrogen-bond donors (Lipinski definition) is 2. The monoisotopic (exact) mass is 240 g/mol. The number of aliphatic carboxylic acids is 1. The Balaban J connectivity index is 1.96. The van der Waals surface area contributed by atoms with Crippen molar-refractivity contribution >= 4 is 12.0 Å². The van der Waals surface area contributed by atoms with Gasteiger partial charge in [-0.25, -0.2) is 9.59 Å². The molecule has 5 nitrogen and oxygen atoms in total. The fourth-order valence-corrected chi connectivity index (χ4v) is 2.29. The number of likely N-dealkylation sites (tertiary alicyclic amines) is 1. The average molecular weight is 240 g/mol. The standard InChI is InChI=1S/C12H20N2O3/c1-11(5-6-11)8-13-10(17)14-7-3-4-12(14,2)9(15)16/h3-8H2,1-2H3,(H,13,17)(H,15,16). The first kappa shape index (κ1) is 12.2. The van der Waals surface area contributed by atoms with Gasteiger partial charge in [0, 0.05) is 13.1 Å². The molecule has 5 heteroatoms. The minimum atomic E-state index is -1.03. The summed E-state index contributed by atoms with van der Waals surface area (Å²) >= 11 is 0. The minimum absolute atomic E-state index is 0.236. The highest BCUT2D eigenvalue weighted by Crippen LogP contribution is 2.44. The first-order valence-corrected chi connectivity index (χ1v) is 6.16. The molecule has 1 aliphatic heterocycles. The molecule has 1 unspecified atom stereocenters. The van der Waals surface area contributed by atoms with Crippen LogP contribution in [0.3, 0.4) is 0 Å². The maximum absolute atomic E-state index is 12.0. The minimum Gasteiger partial charge on any atom is -0.480 e. The van der Waals surface area contributed by atoms with E-state index in [-0.39, 0.29) is 11.4 Å². The fraction of sp³-hybridized carbons (Fsp3) is 0.833. The zero-order chi connectivity index (χ0) is 12.7. The van der Waals surface area contributed by atoms with Crippen LogP contribution < -0.4 is 5.32 Å². The van der Waals surface area contributed by atoms with E-state index in [9.17, 15) is 14.7 Å². The number of carbonyl (C=O) groups excluding carboxylic acids is 1. The number of amides is 2. The molecule has 1 saturated heterocycles. The van der Waals surface area contributed by atoms with Crippen molar-refractivity contribution in [1.29, 1.82) is 0 Å². The molecule has 0 bridgehead atoms. The van der Waals surface area contributed by atoms with E-state index >= 15 is 0 Å². The van der Waals surface area contributed by atoms with E-state index in [2.05, 4.69) is 12.2 Å². The number of nitrogens with one attached hydrogen (secondary N) is 1. The third-order valence-corrected chi connectivity index (χ3v) is 4.12. The number of carboxylic acids is 1. The van der Waals surface area contributed by atoms with E-state index in [1.54, 1.807) is 6.92 Å². The summed E-state index contributed by atoms with van der Waals surface area (Å²) in [6.45, 7) is 4.94. The van der Waals surface area contributed by atoms with Crippen LogP contribution in [0.15, 0.2) is 0 Å². The Labute approximate surface area is 101 Å². The molecular formula is C12H20N2O3.